The number of ether oxygens (including phenoxy) is 1. The molecule has 0 radical (unpaired) electrons. The molecule has 0 heterocycles. The van der Waals surface area contributed by atoms with Gasteiger partial charge in [-0.1, -0.05) is 19.1 Å². The third-order valence-corrected chi connectivity index (χ3v) is 2.48. The van der Waals surface area contributed by atoms with Crippen molar-refractivity contribution in [3.63, 3.8) is 0 Å². The van der Waals surface area contributed by atoms with Gasteiger partial charge in [0.1, 0.15) is 11.8 Å². The summed E-state index contributed by atoms with van der Waals surface area (Å²) in [4.78, 5) is 22.0. The van der Waals surface area contributed by atoms with Crippen LogP contribution in [0.2, 0.25) is 0 Å². The van der Waals surface area contributed by atoms with Gasteiger partial charge in [0, 0.05) is 0 Å². The zero-order valence-electron chi connectivity index (χ0n) is 10.9. The maximum atomic E-state index is 11.4. The van der Waals surface area contributed by atoms with Crippen LogP contribution in [0.25, 0.3) is 0 Å². The molecular weight excluding hydrogens is 246 g/mol. The number of amides is 2. The van der Waals surface area contributed by atoms with E-state index in [-0.39, 0.29) is 6.61 Å². The summed E-state index contributed by atoms with van der Waals surface area (Å²) in [7, 11) is 0. The summed E-state index contributed by atoms with van der Waals surface area (Å²) in [6.07, 6.45) is 0.906. The van der Waals surface area contributed by atoms with Crippen LogP contribution in [-0.4, -0.2) is 25.0 Å². The van der Waals surface area contributed by atoms with E-state index in [1.54, 1.807) is 24.3 Å². The average Bonchev–Trinajstić information content (AvgIpc) is 2.37. The van der Waals surface area contributed by atoms with Crippen molar-refractivity contribution in [3.8, 4) is 5.75 Å². The van der Waals surface area contributed by atoms with Crippen molar-refractivity contribution < 1.29 is 14.3 Å². The van der Waals surface area contributed by atoms with Gasteiger partial charge < -0.3 is 21.5 Å². The standard InChI is InChI=1S/C13H19N3O3/c1-2-7-16-12(13(15)18)9-3-5-10(6-4-9)19-8-11(14)17/h3-6,12,16H,2,7-8H2,1H3,(H2,14,17)(H2,15,18). The predicted octanol–water partition coefficient (Wildman–Crippen LogP) is 0.0767. The van der Waals surface area contributed by atoms with E-state index in [4.69, 9.17) is 16.2 Å². The van der Waals surface area contributed by atoms with Gasteiger partial charge in [-0.15, -0.1) is 0 Å². The number of nitrogens with one attached hydrogen (secondary N) is 1. The van der Waals surface area contributed by atoms with E-state index in [2.05, 4.69) is 5.32 Å². The summed E-state index contributed by atoms with van der Waals surface area (Å²) in [5.41, 5.74) is 11.1. The fourth-order valence-electron chi connectivity index (χ4n) is 1.58. The van der Waals surface area contributed by atoms with Crippen molar-refractivity contribution in [1.29, 1.82) is 0 Å². The molecule has 0 aliphatic carbocycles. The first-order chi connectivity index (χ1) is 9.04. The number of rotatable bonds is 8. The number of nitrogens with two attached hydrogens (primary N) is 2. The molecule has 0 saturated heterocycles. The van der Waals surface area contributed by atoms with Crippen molar-refractivity contribution in [3.05, 3.63) is 29.8 Å². The van der Waals surface area contributed by atoms with Crippen LogP contribution >= 0.6 is 0 Å². The van der Waals surface area contributed by atoms with Crippen LogP contribution in [0.5, 0.6) is 5.75 Å². The first kappa shape index (κ1) is 15.0. The average molecular weight is 265 g/mol. The van der Waals surface area contributed by atoms with E-state index in [1.165, 1.54) is 0 Å². The zero-order chi connectivity index (χ0) is 14.3. The van der Waals surface area contributed by atoms with Crippen LogP contribution in [-0.2, 0) is 9.59 Å². The number of hydrogen-bond donors (Lipinski definition) is 3. The summed E-state index contributed by atoms with van der Waals surface area (Å²) in [5.74, 6) is -0.454. The third kappa shape index (κ3) is 4.97. The van der Waals surface area contributed by atoms with E-state index in [0.717, 1.165) is 12.0 Å². The second-order valence-electron chi connectivity index (χ2n) is 4.11. The van der Waals surface area contributed by atoms with Gasteiger partial charge in [0.05, 0.1) is 0 Å². The van der Waals surface area contributed by atoms with E-state index < -0.39 is 17.9 Å². The zero-order valence-corrected chi connectivity index (χ0v) is 10.9. The Labute approximate surface area is 112 Å². The largest absolute Gasteiger partial charge is 0.484 e. The number of benzene rings is 1. The fourth-order valence-corrected chi connectivity index (χ4v) is 1.58. The van der Waals surface area contributed by atoms with E-state index in [9.17, 15) is 9.59 Å². The van der Waals surface area contributed by atoms with Crippen molar-refractivity contribution >= 4 is 11.8 Å². The lowest BCUT2D eigenvalue weighted by atomic mass is 10.1. The summed E-state index contributed by atoms with van der Waals surface area (Å²) in [6.45, 7) is 2.53. The van der Waals surface area contributed by atoms with Crippen molar-refractivity contribution in [2.75, 3.05) is 13.2 Å². The smallest absolute Gasteiger partial charge is 0.255 e. The second-order valence-corrected chi connectivity index (χ2v) is 4.11. The van der Waals surface area contributed by atoms with Crippen LogP contribution < -0.4 is 21.5 Å². The predicted molar refractivity (Wildman–Crippen MR) is 71.4 cm³/mol. The minimum atomic E-state index is -0.538. The lowest BCUT2D eigenvalue weighted by molar-refractivity contribution is -0.120. The molecule has 1 rings (SSSR count). The molecule has 2 amide bonds. The first-order valence-electron chi connectivity index (χ1n) is 6.08. The molecule has 19 heavy (non-hydrogen) atoms. The molecule has 1 unspecified atom stereocenters. The SMILES string of the molecule is CCCNC(C(N)=O)c1ccc(OCC(N)=O)cc1. The molecule has 0 fully saturated rings. The Morgan fingerprint density at radius 1 is 1.26 bits per heavy atom. The monoisotopic (exact) mass is 265 g/mol. The Kier molecular flexibility index (Phi) is 5.81. The summed E-state index contributed by atoms with van der Waals surface area (Å²) in [6, 6.07) is 6.28. The highest BCUT2D eigenvalue weighted by atomic mass is 16.5. The first-order valence-corrected chi connectivity index (χ1v) is 6.08. The number of carbonyl (C=O) groups excluding carboxylic acids is 2. The van der Waals surface area contributed by atoms with Gasteiger partial charge in [-0.25, -0.2) is 0 Å². The summed E-state index contributed by atoms with van der Waals surface area (Å²) in [5, 5.41) is 3.07. The lowest BCUT2D eigenvalue weighted by Gasteiger charge is -2.15. The third-order valence-electron chi connectivity index (χ3n) is 2.48. The van der Waals surface area contributed by atoms with Gasteiger partial charge in [-0.05, 0) is 30.7 Å². The maximum absolute atomic E-state index is 11.4. The van der Waals surface area contributed by atoms with Gasteiger partial charge in [-0.3, -0.25) is 9.59 Å². The molecule has 5 N–H and O–H groups in total. The molecule has 6 nitrogen and oxygen atoms in total. The van der Waals surface area contributed by atoms with Crippen LogP contribution in [0.3, 0.4) is 0 Å². The van der Waals surface area contributed by atoms with Gasteiger partial charge >= 0.3 is 0 Å². The van der Waals surface area contributed by atoms with Crippen LogP contribution in [0.1, 0.15) is 24.9 Å². The summed E-state index contributed by atoms with van der Waals surface area (Å²) < 4.78 is 5.13. The maximum Gasteiger partial charge on any atom is 0.255 e. The minimum absolute atomic E-state index is 0.174. The van der Waals surface area contributed by atoms with E-state index >= 15 is 0 Å². The van der Waals surface area contributed by atoms with Crippen molar-refractivity contribution in [2.24, 2.45) is 11.5 Å². The molecular formula is C13H19N3O3. The van der Waals surface area contributed by atoms with Gasteiger partial charge in [0.25, 0.3) is 5.91 Å². The molecule has 0 saturated carbocycles. The second kappa shape index (κ2) is 7.38. The van der Waals surface area contributed by atoms with Crippen molar-refractivity contribution in [2.45, 2.75) is 19.4 Å². The normalized spacial score (nSPS) is 11.8. The molecule has 1 aromatic carbocycles. The number of hydrogen-bond acceptors (Lipinski definition) is 4. The Bertz CT molecular complexity index is 431. The Hall–Kier alpha value is -2.08. The van der Waals surface area contributed by atoms with Gasteiger partial charge in [-0.2, -0.15) is 0 Å². The topological polar surface area (TPSA) is 107 Å². The van der Waals surface area contributed by atoms with E-state index in [0.29, 0.717) is 12.3 Å². The molecule has 6 heteroatoms. The fraction of sp³-hybridized carbons (Fsp3) is 0.385. The Morgan fingerprint density at radius 3 is 2.37 bits per heavy atom. The Balaban J connectivity index is 2.71. The van der Waals surface area contributed by atoms with Gasteiger partial charge in [0.15, 0.2) is 6.61 Å². The molecule has 0 aromatic heterocycles. The van der Waals surface area contributed by atoms with E-state index in [1.807, 2.05) is 6.92 Å². The molecule has 1 aromatic rings. The lowest BCUT2D eigenvalue weighted by Crippen LogP contribution is -2.34. The van der Waals surface area contributed by atoms with Crippen LogP contribution in [0.15, 0.2) is 24.3 Å². The van der Waals surface area contributed by atoms with Crippen LogP contribution in [0.4, 0.5) is 0 Å². The minimum Gasteiger partial charge on any atom is -0.484 e. The molecule has 104 valence electrons. The van der Waals surface area contributed by atoms with Crippen LogP contribution in [0, 0.1) is 0 Å². The molecule has 0 aliphatic heterocycles. The highest BCUT2D eigenvalue weighted by Gasteiger charge is 2.16. The quantitative estimate of drug-likeness (QED) is 0.618. The molecule has 0 spiro atoms. The highest BCUT2D eigenvalue weighted by molar-refractivity contribution is 5.81. The molecule has 1 atom stereocenters. The Morgan fingerprint density at radius 2 is 1.89 bits per heavy atom. The van der Waals surface area contributed by atoms with Crippen molar-refractivity contribution in [1.82, 2.24) is 5.32 Å². The van der Waals surface area contributed by atoms with Gasteiger partial charge in [0.2, 0.25) is 5.91 Å². The number of carbonyl (C=O) groups is 2. The number of primary amides is 2. The molecule has 0 aliphatic rings. The highest BCUT2D eigenvalue weighted by Crippen LogP contribution is 2.17. The molecule has 0 bridgehead atoms. The summed E-state index contributed by atoms with van der Waals surface area (Å²) >= 11 is 0.